The van der Waals surface area contributed by atoms with E-state index in [1.807, 2.05) is 0 Å². The van der Waals surface area contributed by atoms with E-state index in [0.717, 1.165) is 0 Å². The van der Waals surface area contributed by atoms with Gasteiger partial charge in [-0.15, -0.1) is 9.36 Å². The largest absolute Gasteiger partial charge is 0.241 e. The van der Waals surface area contributed by atoms with E-state index in [1.165, 1.54) is 66.3 Å². The Morgan fingerprint density at radius 2 is 1.08 bits per heavy atom. The van der Waals surface area contributed by atoms with Gasteiger partial charge in [-0.25, -0.2) is 0 Å². The standard InChI is InChI=1S/C33H33B2N2/c1-22-12-9-13-23(2)31(22)34-27-16-7-8-17-28(27)35(32-24(3)14-10-15-25(32)4)33-26(5)30(19-18-29(33)34)37-21-11-20-36(37)6/h7-21H,1-6H3/q+1. The number of aryl methyl sites for hydroxylation is 5. The first-order valence-corrected chi connectivity index (χ1v) is 13.3. The summed E-state index contributed by atoms with van der Waals surface area (Å²) in [6, 6.07) is 29.5. The number of benzene rings is 4. The molecule has 1 aromatic heterocycles. The van der Waals surface area contributed by atoms with Crippen LogP contribution in [0.2, 0.25) is 0 Å². The summed E-state index contributed by atoms with van der Waals surface area (Å²) < 4.78 is 4.41. The van der Waals surface area contributed by atoms with Crippen LogP contribution in [0, 0.1) is 34.6 Å². The summed E-state index contributed by atoms with van der Waals surface area (Å²) >= 11 is 0. The molecule has 0 aliphatic carbocycles. The number of fused-ring (bicyclic) bond motifs is 2. The third kappa shape index (κ3) is 3.61. The molecule has 0 atom stereocenters. The Morgan fingerprint density at radius 1 is 0.541 bits per heavy atom. The number of rotatable bonds is 3. The Morgan fingerprint density at radius 3 is 1.62 bits per heavy atom. The second-order valence-corrected chi connectivity index (χ2v) is 10.7. The molecule has 37 heavy (non-hydrogen) atoms. The smallest absolute Gasteiger partial charge is 0.128 e. The van der Waals surface area contributed by atoms with E-state index in [0.29, 0.717) is 0 Å². The maximum Gasteiger partial charge on any atom is 0.241 e. The Kier molecular flexibility index (Phi) is 5.71. The van der Waals surface area contributed by atoms with Crippen LogP contribution in [0.5, 0.6) is 0 Å². The summed E-state index contributed by atoms with van der Waals surface area (Å²) in [6.45, 7) is 11.8. The Balaban J connectivity index is 1.75. The Labute approximate surface area is 221 Å². The van der Waals surface area contributed by atoms with Gasteiger partial charge in [0.05, 0.1) is 6.20 Å². The van der Waals surface area contributed by atoms with Crippen LogP contribution in [0.1, 0.15) is 27.8 Å². The average molecular weight is 479 g/mol. The quantitative estimate of drug-likeness (QED) is 0.272. The van der Waals surface area contributed by atoms with Gasteiger partial charge in [0.15, 0.2) is 13.2 Å². The van der Waals surface area contributed by atoms with Crippen LogP contribution in [-0.2, 0) is 7.05 Å². The van der Waals surface area contributed by atoms with Gasteiger partial charge in [0.1, 0.15) is 5.69 Å². The maximum atomic E-state index is 2.41. The minimum absolute atomic E-state index is 0.189. The molecule has 0 N–H and O–H groups in total. The second-order valence-electron chi connectivity index (χ2n) is 10.7. The van der Waals surface area contributed by atoms with Crippen molar-refractivity contribution in [2.45, 2.75) is 34.6 Å². The van der Waals surface area contributed by atoms with Gasteiger partial charge < -0.3 is 0 Å². The zero-order valence-corrected chi connectivity index (χ0v) is 22.7. The fourth-order valence-electron chi connectivity index (χ4n) is 6.83. The van der Waals surface area contributed by atoms with Crippen molar-refractivity contribution in [1.29, 1.82) is 0 Å². The van der Waals surface area contributed by atoms with E-state index >= 15 is 0 Å². The number of hydrogen-bond acceptors (Lipinski definition) is 0. The normalized spacial score (nSPS) is 12.5. The molecule has 0 amide bonds. The van der Waals surface area contributed by atoms with Gasteiger partial charge in [-0.2, -0.15) is 0 Å². The van der Waals surface area contributed by atoms with Crippen molar-refractivity contribution in [3.05, 3.63) is 119 Å². The molecule has 0 bridgehead atoms. The van der Waals surface area contributed by atoms with Gasteiger partial charge >= 0.3 is 0 Å². The fourth-order valence-corrected chi connectivity index (χ4v) is 6.83. The van der Waals surface area contributed by atoms with E-state index in [9.17, 15) is 0 Å². The van der Waals surface area contributed by atoms with Crippen molar-refractivity contribution in [2.24, 2.45) is 7.05 Å². The highest BCUT2D eigenvalue weighted by atomic mass is 15.4. The molecule has 0 saturated heterocycles. The molecule has 4 aromatic carbocycles. The molecule has 4 heteroatoms. The highest BCUT2D eigenvalue weighted by molar-refractivity contribution is 7.11. The van der Waals surface area contributed by atoms with Crippen molar-refractivity contribution < 1.29 is 4.68 Å². The summed E-state index contributed by atoms with van der Waals surface area (Å²) in [5.74, 6) is 0. The summed E-state index contributed by atoms with van der Waals surface area (Å²) in [5, 5.41) is 0. The first kappa shape index (κ1) is 23.6. The van der Waals surface area contributed by atoms with Crippen molar-refractivity contribution in [3.63, 3.8) is 0 Å². The third-order valence-electron chi connectivity index (χ3n) is 8.52. The monoisotopic (exact) mass is 479 g/mol. The lowest BCUT2D eigenvalue weighted by Crippen LogP contribution is -2.76. The first-order chi connectivity index (χ1) is 17.9. The van der Waals surface area contributed by atoms with Crippen molar-refractivity contribution in [1.82, 2.24) is 4.68 Å². The van der Waals surface area contributed by atoms with Gasteiger partial charge in [-0.3, -0.25) is 0 Å². The lowest BCUT2D eigenvalue weighted by molar-refractivity contribution is -0.744. The van der Waals surface area contributed by atoms with Crippen molar-refractivity contribution >= 4 is 46.2 Å². The molecule has 0 fully saturated rings. The van der Waals surface area contributed by atoms with E-state index in [4.69, 9.17) is 0 Å². The number of nitrogens with zero attached hydrogens (tertiary/aromatic N) is 2. The Bertz CT molecular complexity index is 1620. The number of hydrogen-bond donors (Lipinski definition) is 0. The van der Waals surface area contributed by atoms with E-state index < -0.39 is 0 Å². The molecule has 1 aliphatic heterocycles. The lowest BCUT2D eigenvalue weighted by Gasteiger charge is -2.35. The molecule has 0 unspecified atom stereocenters. The molecule has 0 radical (unpaired) electrons. The zero-order chi connectivity index (χ0) is 25.8. The molecule has 0 saturated carbocycles. The average Bonchev–Trinajstić information content (AvgIpc) is 3.30. The summed E-state index contributed by atoms with van der Waals surface area (Å²) in [5.41, 5.74) is 16.6. The molecule has 1 aliphatic rings. The highest BCUT2D eigenvalue weighted by Gasteiger charge is 2.41. The van der Waals surface area contributed by atoms with Crippen LogP contribution in [0.3, 0.4) is 0 Å². The van der Waals surface area contributed by atoms with Crippen LogP contribution in [-0.4, -0.2) is 18.1 Å². The van der Waals surface area contributed by atoms with Crippen LogP contribution >= 0.6 is 0 Å². The highest BCUT2D eigenvalue weighted by Crippen LogP contribution is 2.16. The van der Waals surface area contributed by atoms with Gasteiger partial charge in [-0.1, -0.05) is 122 Å². The molecule has 6 rings (SSSR count). The predicted molar refractivity (Wildman–Crippen MR) is 159 cm³/mol. The van der Waals surface area contributed by atoms with Crippen LogP contribution < -0.4 is 37.5 Å². The SMILES string of the molecule is Cc1cccc(C)c1B1c2ccccc2B(c2c(C)cccc2C)c2c1ccc(-n1ccc[n+]1C)c2C. The Hall–Kier alpha value is -3.78. The van der Waals surface area contributed by atoms with E-state index in [1.54, 1.807) is 0 Å². The molecular weight excluding hydrogens is 446 g/mol. The minimum Gasteiger partial charge on any atom is -0.128 e. The molecule has 2 nitrogen and oxygen atoms in total. The number of aromatic nitrogens is 2. The maximum absolute atomic E-state index is 2.41. The third-order valence-corrected chi connectivity index (χ3v) is 8.52. The van der Waals surface area contributed by atoms with Gasteiger partial charge in [0.2, 0.25) is 13.4 Å². The van der Waals surface area contributed by atoms with Crippen LogP contribution in [0.25, 0.3) is 5.69 Å². The molecular formula is C33H33B2N2+. The summed E-state index contributed by atoms with van der Waals surface area (Å²) in [6.07, 6.45) is 4.26. The van der Waals surface area contributed by atoms with Gasteiger partial charge in [0.25, 0.3) is 0 Å². The zero-order valence-electron chi connectivity index (χ0n) is 22.7. The molecule has 2 heterocycles. The minimum atomic E-state index is 0.189. The van der Waals surface area contributed by atoms with Crippen LogP contribution in [0.15, 0.2) is 91.3 Å². The van der Waals surface area contributed by atoms with Gasteiger partial charge in [0, 0.05) is 6.07 Å². The topological polar surface area (TPSA) is 8.81 Å². The summed E-state index contributed by atoms with van der Waals surface area (Å²) in [4.78, 5) is 0. The fraction of sp³-hybridized carbons (Fsp3) is 0.182. The van der Waals surface area contributed by atoms with Crippen LogP contribution in [0.4, 0.5) is 0 Å². The van der Waals surface area contributed by atoms with E-state index in [-0.39, 0.29) is 13.4 Å². The second kappa shape index (κ2) is 8.95. The van der Waals surface area contributed by atoms with Gasteiger partial charge in [-0.05, 0) is 46.2 Å². The van der Waals surface area contributed by atoms with E-state index in [2.05, 4.69) is 142 Å². The molecule has 0 spiro atoms. The van der Waals surface area contributed by atoms with Crippen molar-refractivity contribution in [2.75, 3.05) is 0 Å². The van der Waals surface area contributed by atoms with Crippen molar-refractivity contribution in [3.8, 4) is 5.69 Å². The molecule has 5 aromatic rings. The predicted octanol–water partition coefficient (Wildman–Crippen LogP) is 2.19. The first-order valence-electron chi connectivity index (χ1n) is 13.3. The summed E-state index contributed by atoms with van der Waals surface area (Å²) in [7, 11) is 2.11. The lowest BCUT2D eigenvalue weighted by atomic mass is 9.20. The molecule has 180 valence electrons.